The zero-order chi connectivity index (χ0) is 16.0. The first-order valence-corrected chi connectivity index (χ1v) is 7.72. The molecule has 1 aromatic carbocycles. The van der Waals surface area contributed by atoms with Crippen LogP contribution >= 0.6 is 11.8 Å². The lowest BCUT2D eigenvalue weighted by Gasteiger charge is -2.25. The number of alkyl halides is 3. The van der Waals surface area contributed by atoms with Gasteiger partial charge in [0, 0.05) is 24.0 Å². The Morgan fingerprint density at radius 1 is 1.14 bits per heavy atom. The highest BCUT2D eigenvalue weighted by Gasteiger charge is 2.28. The Bertz CT molecular complexity index is 416. The van der Waals surface area contributed by atoms with Gasteiger partial charge in [-0.15, -0.1) is 0 Å². The molecule has 6 heteroatoms. The van der Waals surface area contributed by atoms with Gasteiger partial charge in [0.25, 0.3) is 0 Å². The summed E-state index contributed by atoms with van der Waals surface area (Å²) in [6.07, 6.45) is 0. The first kappa shape index (κ1) is 18.3. The minimum Gasteiger partial charge on any atom is -0.308 e. The summed E-state index contributed by atoms with van der Waals surface area (Å²) in [6.45, 7) is 5.90. The fraction of sp³-hybridized carbons (Fsp3) is 0.600. The molecule has 0 radical (unpaired) electrons. The van der Waals surface area contributed by atoms with Gasteiger partial charge in [-0.2, -0.15) is 13.2 Å². The second-order valence-corrected chi connectivity index (χ2v) is 6.82. The van der Waals surface area contributed by atoms with Gasteiger partial charge in [0.1, 0.15) is 0 Å². The SMILES string of the molecule is CC(C)C(CN(C)C)NCc1ccc(SC(F)(F)F)cc1. The van der Waals surface area contributed by atoms with Gasteiger partial charge < -0.3 is 10.2 Å². The molecule has 2 nitrogen and oxygen atoms in total. The monoisotopic (exact) mass is 320 g/mol. The normalized spacial score (nSPS) is 14.0. The van der Waals surface area contributed by atoms with Crippen molar-refractivity contribution in [3.8, 4) is 0 Å². The number of likely N-dealkylation sites (N-methyl/N-ethyl adjacent to an activating group) is 1. The van der Waals surface area contributed by atoms with E-state index in [2.05, 4.69) is 24.1 Å². The summed E-state index contributed by atoms with van der Waals surface area (Å²) in [4.78, 5) is 2.35. The van der Waals surface area contributed by atoms with Crippen LogP contribution in [0.5, 0.6) is 0 Å². The van der Waals surface area contributed by atoms with E-state index in [0.29, 0.717) is 18.5 Å². The van der Waals surface area contributed by atoms with Crippen LogP contribution in [0.15, 0.2) is 29.2 Å². The smallest absolute Gasteiger partial charge is 0.308 e. The number of hydrogen-bond donors (Lipinski definition) is 1. The van der Waals surface area contributed by atoms with Gasteiger partial charge in [-0.25, -0.2) is 0 Å². The first-order valence-electron chi connectivity index (χ1n) is 6.90. The molecule has 0 spiro atoms. The van der Waals surface area contributed by atoms with Gasteiger partial charge >= 0.3 is 5.51 Å². The van der Waals surface area contributed by atoms with E-state index < -0.39 is 5.51 Å². The summed E-state index contributed by atoms with van der Waals surface area (Å²) < 4.78 is 36.8. The van der Waals surface area contributed by atoms with E-state index in [-0.39, 0.29) is 16.7 Å². The van der Waals surface area contributed by atoms with Crippen LogP contribution in [-0.4, -0.2) is 37.1 Å². The summed E-state index contributed by atoms with van der Waals surface area (Å²) >= 11 is -0.0799. The summed E-state index contributed by atoms with van der Waals surface area (Å²) in [5.74, 6) is 0.493. The maximum Gasteiger partial charge on any atom is 0.446 e. The zero-order valence-corrected chi connectivity index (χ0v) is 13.7. The van der Waals surface area contributed by atoms with Crippen molar-refractivity contribution in [3.05, 3.63) is 29.8 Å². The highest BCUT2D eigenvalue weighted by Crippen LogP contribution is 2.36. The van der Waals surface area contributed by atoms with E-state index in [0.717, 1.165) is 12.1 Å². The molecule has 0 aliphatic carbocycles. The fourth-order valence-electron chi connectivity index (χ4n) is 1.96. The maximum absolute atomic E-state index is 12.3. The Hall–Kier alpha value is -0.720. The Balaban J connectivity index is 2.55. The van der Waals surface area contributed by atoms with Crippen LogP contribution in [-0.2, 0) is 6.54 Å². The van der Waals surface area contributed by atoms with Gasteiger partial charge in [-0.1, -0.05) is 26.0 Å². The molecule has 0 aliphatic heterocycles. The van der Waals surface area contributed by atoms with E-state index in [1.807, 2.05) is 14.1 Å². The molecule has 0 aromatic heterocycles. The molecule has 0 bridgehead atoms. The third-order valence-corrected chi connectivity index (χ3v) is 3.83. The van der Waals surface area contributed by atoms with E-state index in [1.165, 1.54) is 12.1 Å². The van der Waals surface area contributed by atoms with Crippen molar-refractivity contribution < 1.29 is 13.2 Å². The van der Waals surface area contributed by atoms with Crippen LogP contribution in [0.2, 0.25) is 0 Å². The third kappa shape index (κ3) is 7.74. The van der Waals surface area contributed by atoms with Crippen LogP contribution in [0.3, 0.4) is 0 Å². The third-order valence-electron chi connectivity index (χ3n) is 3.09. The maximum atomic E-state index is 12.3. The summed E-state index contributed by atoms with van der Waals surface area (Å²) in [5, 5.41) is 3.46. The van der Waals surface area contributed by atoms with Crippen LogP contribution in [0.25, 0.3) is 0 Å². The summed E-state index contributed by atoms with van der Waals surface area (Å²) in [5.41, 5.74) is -3.24. The molecule has 21 heavy (non-hydrogen) atoms. The minimum absolute atomic E-state index is 0.0799. The molecule has 120 valence electrons. The fourth-order valence-corrected chi connectivity index (χ4v) is 2.50. The summed E-state index contributed by atoms with van der Waals surface area (Å²) in [7, 11) is 4.06. The predicted molar refractivity (Wildman–Crippen MR) is 82.4 cm³/mol. The molecule has 0 heterocycles. The number of nitrogens with one attached hydrogen (secondary N) is 1. The molecular formula is C15H23F3N2S. The van der Waals surface area contributed by atoms with Crippen LogP contribution in [0.4, 0.5) is 13.2 Å². The molecule has 0 amide bonds. The van der Waals surface area contributed by atoms with Crippen molar-refractivity contribution in [3.63, 3.8) is 0 Å². The highest BCUT2D eigenvalue weighted by molar-refractivity contribution is 8.00. The number of hydrogen-bond acceptors (Lipinski definition) is 3. The molecule has 1 unspecified atom stereocenters. The molecule has 1 rings (SSSR count). The van der Waals surface area contributed by atoms with Gasteiger partial charge in [0.2, 0.25) is 0 Å². The number of rotatable bonds is 7. The van der Waals surface area contributed by atoms with Crippen molar-refractivity contribution >= 4 is 11.8 Å². The van der Waals surface area contributed by atoms with Crippen LogP contribution in [0, 0.1) is 5.92 Å². The van der Waals surface area contributed by atoms with Crippen molar-refractivity contribution in [2.75, 3.05) is 20.6 Å². The van der Waals surface area contributed by atoms with Gasteiger partial charge in [-0.3, -0.25) is 0 Å². The molecule has 1 atom stereocenters. The molecular weight excluding hydrogens is 297 g/mol. The molecule has 0 fully saturated rings. The molecule has 0 aliphatic rings. The molecule has 1 N–H and O–H groups in total. The highest BCUT2D eigenvalue weighted by atomic mass is 32.2. The quantitative estimate of drug-likeness (QED) is 0.765. The topological polar surface area (TPSA) is 15.3 Å². The average Bonchev–Trinajstić information content (AvgIpc) is 2.33. The van der Waals surface area contributed by atoms with Crippen molar-refractivity contribution in [2.24, 2.45) is 5.92 Å². The Morgan fingerprint density at radius 3 is 2.14 bits per heavy atom. The first-order chi connectivity index (χ1) is 9.67. The zero-order valence-electron chi connectivity index (χ0n) is 12.9. The standard InChI is InChI=1S/C15H23F3N2S/c1-11(2)14(10-20(3)4)19-9-12-5-7-13(8-6-12)21-15(16,17)18/h5-8,11,14,19H,9-10H2,1-4H3. The predicted octanol–water partition coefficient (Wildman–Crippen LogP) is 3.97. The number of nitrogens with zero attached hydrogens (tertiary/aromatic N) is 1. The van der Waals surface area contributed by atoms with Gasteiger partial charge in [-0.05, 0) is 49.5 Å². The Morgan fingerprint density at radius 2 is 1.71 bits per heavy atom. The van der Waals surface area contributed by atoms with Gasteiger partial charge in [0.15, 0.2) is 0 Å². The van der Waals surface area contributed by atoms with E-state index in [4.69, 9.17) is 0 Å². The van der Waals surface area contributed by atoms with Crippen molar-refractivity contribution in [1.29, 1.82) is 0 Å². The minimum atomic E-state index is -4.23. The Kier molecular flexibility index (Phi) is 7.03. The molecule has 0 saturated heterocycles. The average molecular weight is 320 g/mol. The second kappa shape index (κ2) is 8.06. The summed E-state index contributed by atoms with van der Waals surface area (Å²) in [6, 6.07) is 6.88. The Labute approximate surface area is 129 Å². The molecule has 1 aromatic rings. The van der Waals surface area contributed by atoms with Crippen LogP contribution in [0.1, 0.15) is 19.4 Å². The van der Waals surface area contributed by atoms with Crippen molar-refractivity contribution in [2.45, 2.75) is 36.8 Å². The lowest BCUT2D eigenvalue weighted by atomic mass is 10.0. The lowest BCUT2D eigenvalue weighted by Crippen LogP contribution is -2.41. The van der Waals surface area contributed by atoms with E-state index in [9.17, 15) is 13.2 Å². The number of thioether (sulfide) groups is 1. The van der Waals surface area contributed by atoms with E-state index in [1.54, 1.807) is 12.1 Å². The lowest BCUT2D eigenvalue weighted by molar-refractivity contribution is -0.0328. The second-order valence-electron chi connectivity index (χ2n) is 5.69. The van der Waals surface area contributed by atoms with E-state index >= 15 is 0 Å². The van der Waals surface area contributed by atoms with Crippen molar-refractivity contribution in [1.82, 2.24) is 10.2 Å². The largest absolute Gasteiger partial charge is 0.446 e. The number of halogens is 3. The van der Waals surface area contributed by atoms with Crippen LogP contribution < -0.4 is 5.32 Å². The van der Waals surface area contributed by atoms with Gasteiger partial charge in [0.05, 0.1) is 0 Å². The molecule has 0 saturated carbocycles. The number of benzene rings is 1.